The quantitative estimate of drug-likeness (QED) is 0.799. The molecular weight excluding hydrogens is 304 g/mol. The zero-order valence-corrected chi connectivity index (χ0v) is 13.8. The van der Waals surface area contributed by atoms with Gasteiger partial charge in [-0.2, -0.15) is 5.21 Å². The van der Waals surface area contributed by atoms with Crippen LogP contribution in [-0.2, 0) is 6.54 Å². The van der Waals surface area contributed by atoms with Gasteiger partial charge in [0, 0.05) is 18.7 Å². The third-order valence-electron chi connectivity index (χ3n) is 4.15. The molecule has 1 atom stereocenters. The van der Waals surface area contributed by atoms with Gasteiger partial charge in [-0.25, -0.2) is 4.79 Å². The second-order valence-corrected chi connectivity index (χ2v) is 5.88. The number of H-pyrrole nitrogens is 1. The molecule has 0 aliphatic carbocycles. The van der Waals surface area contributed by atoms with Gasteiger partial charge in [0.15, 0.2) is 0 Å². The molecule has 7 nitrogen and oxygen atoms in total. The maximum atomic E-state index is 12.4. The molecule has 2 heterocycles. The van der Waals surface area contributed by atoms with Crippen molar-refractivity contribution in [3.63, 3.8) is 0 Å². The second kappa shape index (κ2) is 7.72. The third kappa shape index (κ3) is 3.79. The largest absolute Gasteiger partial charge is 0.334 e. The second-order valence-electron chi connectivity index (χ2n) is 5.88. The van der Waals surface area contributed by atoms with Gasteiger partial charge >= 0.3 is 6.03 Å². The maximum absolute atomic E-state index is 12.4. The van der Waals surface area contributed by atoms with Crippen molar-refractivity contribution in [1.29, 1.82) is 0 Å². The number of nitrogens with one attached hydrogen (secondary N) is 2. The van der Waals surface area contributed by atoms with Crippen molar-refractivity contribution in [2.45, 2.75) is 38.8 Å². The van der Waals surface area contributed by atoms with Crippen molar-refractivity contribution in [3.05, 3.63) is 42.0 Å². The number of rotatable bonds is 6. The van der Waals surface area contributed by atoms with Gasteiger partial charge in [0.05, 0.1) is 6.04 Å². The highest BCUT2D eigenvalue weighted by Gasteiger charge is 2.23. The molecule has 0 bridgehead atoms. The summed E-state index contributed by atoms with van der Waals surface area (Å²) in [5.74, 6) is 0.548. The molecule has 1 aliphatic rings. The lowest BCUT2D eigenvalue weighted by Gasteiger charge is -2.25. The van der Waals surface area contributed by atoms with Gasteiger partial charge in [0.25, 0.3) is 0 Å². The van der Waals surface area contributed by atoms with Gasteiger partial charge < -0.3 is 10.2 Å². The molecule has 0 spiro atoms. The predicted molar refractivity (Wildman–Crippen MR) is 91.0 cm³/mol. The van der Waals surface area contributed by atoms with E-state index in [1.165, 1.54) is 0 Å². The Kier molecular flexibility index (Phi) is 5.20. The Bertz CT molecular complexity index is 697. The number of aromatic nitrogens is 4. The first kappa shape index (κ1) is 16.2. The Labute approximate surface area is 141 Å². The maximum Gasteiger partial charge on any atom is 0.318 e. The van der Waals surface area contributed by atoms with Crippen molar-refractivity contribution in [1.82, 2.24) is 30.8 Å². The fraction of sp³-hybridized carbons (Fsp3) is 0.412. The molecule has 2 amide bonds. The van der Waals surface area contributed by atoms with Crippen LogP contribution in [0.2, 0.25) is 0 Å². The summed E-state index contributed by atoms with van der Waals surface area (Å²) in [4.78, 5) is 14.3. The minimum Gasteiger partial charge on any atom is -0.334 e. The first-order valence-corrected chi connectivity index (χ1v) is 8.32. The average molecular weight is 326 g/mol. The van der Waals surface area contributed by atoms with E-state index in [2.05, 4.69) is 45.0 Å². The number of nitrogens with zero attached hydrogens (tertiary/aromatic N) is 4. The number of hydrogen-bond acceptors (Lipinski definition) is 4. The van der Waals surface area contributed by atoms with Crippen molar-refractivity contribution >= 4 is 6.03 Å². The molecule has 0 radical (unpaired) electrons. The highest BCUT2D eigenvalue weighted by atomic mass is 16.2. The fourth-order valence-corrected chi connectivity index (χ4v) is 2.85. The number of carbonyl (C=O) groups is 1. The predicted octanol–water partition coefficient (Wildman–Crippen LogP) is 2.51. The minimum absolute atomic E-state index is 0.0222. The van der Waals surface area contributed by atoms with Crippen LogP contribution in [0.25, 0.3) is 11.4 Å². The molecule has 1 unspecified atom stereocenters. The number of amides is 2. The van der Waals surface area contributed by atoms with Crippen molar-refractivity contribution in [3.8, 4) is 11.4 Å². The molecule has 1 aromatic heterocycles. The van der Waals surface area contributed by atoms with E-state index in [4.69, 9.17) is 0 Å². The van der Waals surface area contributed by atoms with Crippen LogP contribution in [0.5, 0.6) is 0 Å². The molecular formula is C17H22N6O. The highest BCUT2D eigenvalue weighted by molar-refractivity contribution is 5.75. The van der Waals surface area contributed by atoms with Crippen LogP contribution in [0.4, 0.5) is 4.79 Å². The normalized spacial score (nSPS) is 16.5. The van der Waals surface area contributed by atoms with Gasteiger partial charge in [-0.1, -0.05) is 50.1 Å². The molecule has 0 saturated carbocycles. The topological polar surface area (TPSA) is 86.8 Å². The molecule has 2 aromatic rings. The molecule has 1 aromatic carbocycles. The average Bonchev–Trinajstić information content (AvgIpc) is 3.29. The van der Waals surface area contributed by atoms with Gasteiger partial charge in [-0.05, 0) is 23.3 Å². The molecule has 1 aliphatic heterocycles. The van der Waals surface area contributed by atoms with E-state index in [1.54, 1.807) is 0 Å². The summed E-state index contributed by atoms with van der Waals surface area (Å²) in [5, 5.41) is 17.0. The number of benzene rings is 1. The van der Waals surface area contributed by atoms with E-state index in [0.717, 1.165) is 30.4 Å². The molecule has 126 valence electrons. The van der Waals surface area contributed by atoms with Gasteiger partial charge in [0.2, 0.25) is 5.82 Å². The van der Waals surface area contributed by atoms with Crippen molar-refractivity contribution in [2.24, 2.45) is 0 Å². The minimum atomic E-state index is -0.0222. The van der Waals surface area contributed by atoms with E-state index in [9.17, 15) is 4.79 Å². The fourth-order valence-electron chi connectivity index (χ4n) is 2.85. The summed E-state index contributed by atoms with van der Waals surface area (Å²) in [5.41, 5.74) is 1.88. The number of aromatic amines is 1. The SMILES string of the molecule is CCCCC1C=CCN1C(=O)NCc1cccc(-c2nn[nH]n2)c1. The van der Waals surface area contributed by atoms with Crippen molar-refractivity contribution < 1.29 is 4.79 Å². The summed E-state index contributed by atoms with van der Waals surface area (Å²) >= 11 is 0. The molecule has 3 rings (SSSR count). The van der Waals surface area contributed by atoms with Crippen LogP contribution in [0.1, 0.15) is 31.7 Å². The molecule has 0 saturated heterocycles. The van der Waals surface area contributed by atoms with Gasteiger partial charge in [0.1, 0.15) is 0 Å². The standard InChI is InChI=1S/C17H22N6O/c1-2-3-8-15-9-5-10-23(15)17(24)18-12-13-6-4-7-14(11-13)16-19-21-22-20-16/h4-7,9,11,15H,2-3,8,10,12H2,1H3,(H,18,24)(H,19,20,21,22). The monoisotopic (exact) mass is 326 g/mol. The van der Waals surface area contributed by atoms with E-state index in [0.29, 0.717) is 18.9 Å². The lowest BCUT2D eigenvalue weighted by atomic mass is 10.1. The number of urea groups is 1. The van der Waals surface area contributed by atoms with Crippen LogP contribution in [0, 0.1) is 0 Å². The lowest BCUT2D eigenvalue weighted by molar-refractivity contribution is 0.193. The van der Waals surface area contributed by atoms with Gasteiger partial charge in [-0.15, -0.1) is 10.2 Å². The van der Waals surface area contributed by atoms with Crippen LogP contribution < -0.4 is 5.32 Å². The Morgan fingerprint density at radius 3 is 3.17 bits per heavy atom. The molecule has 0 fully saturated rings. The zero-order chi connectivity index (χ0) is 16.8. The number of hydrogen-bond donors (Lipinski definition) is 2. The molecule has 7 heteroatoms. The lowest BCUT2D eigenvalue weighted by Crippen LogP contribution is -2.42. The number of tetrazole rings is 1. The summed E-state index contributed by atoms with van der Waals surface area (Å²) < 4.78 is 0. The van der Waals surface area contributed by atoms with E-state index in [-0.39, 0.29) is 12.1 Å². The van der Waals surface area contributed by atoms with E-state index < -0.39 is 0 Å². The van der Waals surface area contributed by atoms with Gasteiger partial charge in [-0.3, -0.25) is 0 Å². The Hall–Kier alpha value is -2.70. The van der Waals surface area contributed by atoms with Crippen LogP contribution in [0.15, 0.2) is 36.4 Å². The molecule has 24 heavy (non-hydrogen) atoms. The van der Waals surface area contributed by atoms with Crippen LogP contribution in [0.3, 0.4) is 0 Å². The van der Waals surface area contributed by atoms with Crippen LogP contribution >= 0.6 is 0 Å². The summed E-state index contributed by atoms with van der Waals surface area (Å²) in [6.07, 6.45) is 7.49. The third-order valence-corrected chi connectivity index (χ3v) is 4.15. The first-order valence-electron chi connectivity index (χ1n) is 8.32. The summed E-state index contributed by atoms with van der Waals surface area (Å²) in [6, 6.07) is 7.97. The summed E-state index contributed by atoms with van der Waals surface area (Å²) in [6.45, 7) is 3.32. The van der Waals surface area contributed by atoms with E-state index >= 15 is 0 Å². The number of carbonyl (C=O) groups excluding carboxylic acids is 1. The zero-order valence-electron chi connectivity index (χ0n) is 13.8. The summed E-state index contributed by atoms with van der Waals surface area (Å²) in [7, 11) is 0. The Balaban J connectivity index is 1.57. The smallest absolute Gasteiger partial charge is 0.318 e. The Morgan fingerprint density at radius 2 is 2.38 bits per heavy atom. The van der Waals surface area contributed by atoms with E-state index in [1.807, 2.05) is 29.2 Å². The number of unbranched alkanes of at least 4 members (excludes halogenated alkanes) is 1. The first-order chi connectivity index (χ1) is 11.8. The van der Waals surface area contributed by atoms with Crippen molar-refractivity contribution in [2.75, 3.05) is 6.54 Å². The molecule has 2 N–H and O–H groups in total. The highest BCUT2D eigenvalue weighted by Crippen LogP contribution is 2.17. The van der Waals surface area contributed by atoms with Crippen LogP contribution in [-0.4, -0.2) is 44.1 Å². The Morgan fingerprint density at radius 1 is 1.46 bits per heavy atom.